The molecular weight excluding hydrogens is 458 g/mol. The fourth-order valence-electron chi connectivity index (χ4n) is 3.75. The van der Waals surface area contributed by atoms with Crippen molar-refractivity contribution in [3.05, 3.63) is 53.3 Å². The van der Waals surface area contributed by atoms with E-state index < -0.39 is 35.2 Å². The molecular formula is C21H18ClF4NO3S. The van der Waals surface area contributed by atoms with E-state index in [2.05, 4.69) is 6.58 Å². The summed E-state index contributed by atoms with van der Waals surface area (Å²) in [7, 11) is 0. The molecule has 4 nitrogen and oxygen atoms in total. The van der Waals surface area contributed by atoms with Crippen LogP contribution in [0.15, 0.2) is 41.2 Å². The number of allylic oxidation sites excluding steroid dienone is 2. The van der Waals surface area contributed by atoms with Crippen LogP contribution in [0.4, 0.5) is 17.6 Å². The number of alkyl halides is 4. The smallest absolute Gasteiger partial charge is 0.454 e. The number of halogens is 5. The number of Topliss-reactive ketones (excluding diaryl/α,β-unsaturated/α-hetero) is 1. The van der Waals surface area contributed by atoms with Crippen LogP contribution < -0.4 is 0 Å². The number of benzene rings is 1. The van der Waals surface area contributed by atoms with Gasteiger partial charge in [0.05, 0.1) is 17.3 Å². The van der Waals surface area contributed by atoms with Gasteiger partial charge in [-0.05, 0) is 30.4 Å². The molecule has 0 fully saturated rings. The summed E-state index contributed by atoms with van der Waals surface area (Å²) < 4.78 is 55.4. The van der Waals surface area contributed by atoms with Crippen LogP contribution in [0.25, 0.3) is 10.9 Å². The van der Waals surface area contributed by atoms with Gasteiger partial charge in [0.2, 0.25) is 0 Å². The number of carboxylic acids is 1. The normalized spacial score (nSPS) is 17.3. The molecule has 10 heteroatoms. The van der Waals surface area contributed by atoms with Crippen molar-refractivity contribution in [2.24, 2.45) is 0 Å². The first-order valence-electron chi connectivity index (χ1n) is 9.31. The average molecular weight is 476 g/mol. The highest BCUT2D eigenvalue weighted by Gasteiger charge is 2.42. The zero-order chi connectivity index (χ0) is 22.9. The molecule has 31 heavy (non-hydrogen) atoms. The molecule has 0 saturated carbocycles. The molecule has 0 aliphatic carbocycles. The van der Waals surface area contributed by atoms with Crippen LogP contribution in [0, 0.1) is 5.82 Å². The number of carbonyl (C=O) groups excluding carboxylic acids is 1. The molecule has 1 aromatic heterocycles. The van der Waals surface area contributed by atoms with Crippen molar-refractivity contribution in [3.8, 4) is 0 Å². The van der Waals surface area contributed by atoms with E-state index >= 15 is 0 Å². The Morgan fingerprint density at radius 3 is 2.71 bits per heavy atom. The van der Waals surface area contributed by atoms with Crippen LogP contribution in [0.1, 0.15) is 41.2 Å². The quantitative estimate of drug-likeness (QED) is 0.160. The second-order valence-electron chi connectivity index (χ2n) is 7.10. The van der Waals surface area contributed by atoms with E-state index in [1.165, 1.54) is 6.08 Å². The number of aryl methyl sites for hydroxylation is 1. The van der Waals surface area contributed by atoms with Crippen molar-refractivity contribution in [1.29, 1.82) is 0 Å². The molecule has 1 aliphatic heterocycles. The fraction of sp³-hybridized carbons (Fsp3) is 0.333. The number of aliphatic carboxylic acids is 1. The van der Waals surface area contributed by atoms with E-state index in [-0.39, 0.29) is 22.7 Å². The third kappa shape index (κ3) is 4.82. The maximum atomic E-state index is 14.2. The predicted octanol–water partition coefficient (Wildman–Crippen LogP) is 6.28. The number of ketones is 1. The van der Waals surface area contributed by atoms with Gasteiger partial charge in [0.1, 0.15) is 5.82 Å². The van der Waals surface area contributed by atoms with Gasteiger partial charge < -0.3 is 9.67 Å². The molecule has 0 radical (unpaired) electrons. The summed E-state index contributed by atoms with van der Waals surface area (Å²) in [5.41, 5.74) is -0.136. The highest BCUT2D eigenvalue weighted by atomic mass is 35.5. The topological polar surface area (TPSA) is 59.3 Å². The average Bonchev–Trinajstić information content (AvgIpc) is 3.22. The number of thioether (sulfide) groups is 1. The van der Waals surface area contributed by atoms with E-state index in [9.17, 15) is 32.3 Å². The van der Waals surface area contributed by atoms with Gasteiger partial charge >= 0.3 is 12.1 Å². The number of fused-ring (bicyclic) bond motifs is 3. The van der Waals surface area contributed by atoms with E-state index in [4.69, 9.17) is 11.6 Å². The second-order valence-corrected chi connectivity index (χ2v) is 8.58. The molecule has 0 bridgehead atoms. The Morgan fingerprint density at radius 1 is 1.39 bits per heavy atom. The summed E-state index contributed by atoms with van der Waals surface area (Å²) in [4.78, 5) is 23.7. The van der Waals surface area contributed by atoms with Gasteiger partial charge in [0.15, 0.2) is 0 Å². The van der Waals surface area contributed by atoms with Gasteiger partial charge in [-0.1, -0.05) is 23.9 Å². The van der Waals surface area contributed by atoms with Gasteiger partial charge in [-0.25, -0.2) is 4.39 Å². The molecule has 166 valence electrons. The van der Waals surface area contributed by atoms with Gasteiger partial charge in [0.25, 0.3) is 5.78 Å². The highest BCUT2D eigenvalue weighted by Crippen LogP contribution is 2.47. The number of aromatic nitrogens is 1. The molecule has 1 aliphatic rings. The standard InChI is InChI=1S/C21H18ClF4NO3S/c1-2-12(22)4-3-7-31-19-17-14(20(30)21(24,25)26)9-13(23)10-15(17)27-6-5-11(18(19)27)8-16(28)29/h2-3,7,9-12H,1,4-6,8H2,(H,28,29)/b7-3+. The Balaban J connectivity index is 2.20. The predicted molar refractivity (Wildman–Crippen MR) is 111 cm³/mol. The van der Waals surface area contributed by atoms with Crippen molar-refractivity contribution in [2.75, 3.05) is 0 Å². The lowest BCUT2D eigenvalue weighted by Gasteiger charge is -2.11. The largest absolute Gasteiger partial charge is 0.481 e. The minimum Gasteiger partial charge on any atom is -0.481 e. The van der Waals surface area contributed by atoms with Crippen LogP contribution in [0.3, 0.4) is 0 Å². The summed E-state index contributed by atoms with van der Waals surface area (Å²) in [6.07, 6.45) is -1.29. The Kier molecular flexibility index (Phi) is 6.85. The van der Waals surface area contributed by atoms with Crippen molar-refractivity contribution in [1.82, 2.24) is 4.57 Å². The SMILES string of the molecule is C=CC(Cl)C/C=C/Sc1c2n(c3cc(F)cc(C(=O)C(F)(F)F)c13)CCC2CC(=O)O. The van der Waals surface area contributed by atoms with Crippen molar-refractivity contribution >= 4 is 46.0 Å². The van der Waals surface area contributed by atoms with Gasteiger partial charge in [0, 0.05) is 34.0 Å². The fourth-order valence-corrected chi connectivity index (χ4v) is 4.93. The maximum Gasteiger partial charge on any atom is 0.454 e. The lowest BCUT2D eigenvalue weighted by Crippen LogP contribution is -2.23. The Hall–Kier alpha value is -2.26. The van der Waals surface area contributed by atoms with Crippen LogP contribution in [0.5, 0.6) is 0 Å². The Labute approximate surface area is 184 Å². The number of nitrogens with zero attached hydrogens (tertiary/aromatic N) is 1. The summed E-state index contributed by atoms with van der Waals surface area (Å²) in [5, 5.41) is 10.5. The summed E-state index contributed by atoms with van der Waals surface area (Å²) in [6, 6.07) is 1.66. The molecule has 0 amide bonds. The minimum atomic E-state index is -5.18. The second kappa shape index (κ2) is 9.08. The van der Waals surface area contributed by atoms with Crippen LogP contribution >= 0.6 is 23.4 Å². The van der Waals surface area contributed by atoms with Crippen molar-refractivity contribution in [2.45, 2.75) is 48.2 Å². The first kappa shape index (κ1) is 23.4. The number of rotatable bonds is 8. The lowest BCUT2D eigenvalue weighted by atomic mass is 9.98. The number of carbonyl (C=O) groups is 2. The van der Waals surface area contributed by atoms with E-state index in [1.807, 2.05) is 0 Å². The van der Waals surface area contributed by atoms with E-state index in [0.29, 0.717) is 36.0 Å². The minimum absolute atomic E-state index is 0.0189. The Bertz CT molecular complexity index is 1080. The molecule has 3 rings (SSSR count). The van der Waals surface area contributed by atoms with Crippen LogP contribution in [0.2, 0.25) is 0 Å². The third-order valence-electron chi connectivity index (χ3n) is 5.03. The number of carboxylic acid groups (broad SMARTS) is 1. The number of hydrogen-bond donors (Lipinski definition) is 1. The van der Waals surface area contributed by atoms with Crippen LogP contribution in [-0.4, -0.2) is 33.0 Å². The first-order chi connectivity index (χ1) is 14.5. The summed E-state index contributed by atoms with van der Waals surface area (Å²) in [6.45, 7) is 3.88. The zero-order valence-corrected chi connectivity index (χ0v) is 17.7. The monoisotopic (exact) mass is 475 g/mol. The van der Waals surface area contributed by atoms with Gasteiger partial charge in [-0.2, -0.15) is 13.2 Å². The molecule has 0 saturated heterocycles. The molecule has 2 atom stereocenters. The molecule has 1 aromatic carbocycles. The van der Waals surface area contributed by atoms with E-state index in [1.54, 1.807) is 16.1 Å². The van der Waals surface area contributed by atoms with E-state index in [0.717, 1.165) is 17.8 Å². The third-order valence-corrected chi connectivity index (χ3v) is 6.37. The van der Waals surface area contributed by atoms with Crippen LogP contribution in [-0.2, 0) is 11.3 Å². The molecule has 2 heterocycles. The molecule has 2 aromatic rings. The molecule has 2 unspecified atom stereocenters. The first-order valence-corrected chi connectivity index (χ1v) is 10.6. The molecule has 0 spiro atoms. The van der Waals surface area contributed by atoms with Gasteiger partial charge in [-0.15, -0.1) is 18.2 Å². The van der Waals surface area contributed by atoms with Gasteiger partial charge in [-0.3, -0.25) is 9.59 Å². The lowest BCUT2D eigenvalue weighted by molar-refractivity contribution is -0.137. The summed E-state index contributed by atoms with van der Waals surface area (Å²) in [5.74, 6) is -4.63. The molecule has 1 N–H and O–H groups in total. The zero-order valence-electron chi connectivity index (χ0n) is 16.1. The Morgan fingerprint density at radius 2 is 2.10 bits per heavy atom. The summed E-state index contributed by atoms with van der Waals surface area (Å²) >= 11 is 7.03. The van der Waals surface area contributed by atoms with Crippen molar-refractivity contribution < 1.29 is 32.3 Å². The highest BCUT2D eigenvalue weighted by molar-refractivity contribution is 8.02. The van der Waals surface area contributed by atoms with Crippen molar-refractivity contribution in [3.63, 3.8) is 0 Å². The number of hydrogen-bond acceptors (Lipinski definition) is 3. The maximum absolute atomic E-state index is 14.2.